The van der Waals surface area contributed by atoms with Crippen LogP contribution in [0, 0.1) is 19.8 Å². The van der Waals surface area contributed by atoms with Crippen LogP contribution in [0.25, 0.3) is 11.4 Å². The second-order valence-corrected chi connectivity index (χ2v) is 5.83. The maximum absolute atomic E-state index is 11.6. The lowest BCUT2D eigenvalue weighted by molar-refractivity contribution is 0.0697. The lowest BCUT2D eigenvalue weighted by Gasteiger charge is -2.11. The molecule has 0 unspecified atom stereocenters. The molecule has 0 atom stereocenters. The van der Waals surface area contributed by atoms with Crippen LogP contribution in [-0.2, 0) is 13.5 Å². The van der Waals surface area contributed by atoms with Crippen molar-refractivity contribution in [2.24, 2.45) is 13.0 Å². The molecule has 0 bridgehead atoms. The van der Waals surface area contributed by atoms with Gasteiger partial charge in [0.1, 0.15) is 0 Å². The van der Waals surface area contributed by atoms with Crippen LogP contribution in [0.2, 0.25) is 0 Å². The fraction of sp³-hybridized carbons (Fsp3) is 0.438. The molecule has 1 heterocycles. The van der Waals surface area contributed by atoms with E-state index in [-0.39, 0.29) is 0 Å². The molecule has 2 rings (SSSR count). The van der Waals surface area contributed by atoms with Crippen molar-refractivity contribution in [1.82, 2.24) is 14.8 Å². The molecule has 1 N–H and O–H groups in total. The number of hydrogen-bond acceptors (Lipinski definition) is 3. The zero-order valence-corrected chi connectivity index (χ0v) is 13.1. The third-order valence-electron chi connectivity index (χ3n) is 3.46. The van der Waals surface area contributed by atoms with Crippen molar-refractivity contribution in [2.75, 3.05) is 0 Å². The highest BCUT2D eigenvalue weighted by Crippen LogP contribution is 2.28. The lowest BCUT2D eigenvalue weighted by Crippen LogP contribution is -2.07. The molecule has 0 radical (unpaired) electrons. The molecule has 2 aromatic rings. The summed E-state index contributed by atoms with van der Waals surface area (Å²) in [6.45, 7) is 7.92. The van der Waals surface area contributed by atoms with E-state index in [1.165, 1.54) is 0 Å². The number of aromatic nitrogens is 3. The fourth-order valence-electron chi connectivity index (χ4n) is 2.48. The van der Waals surface area contributed by atoms with Gasteiger partial charge in [-0.2, -0.15) is 5.10 Å². The van der Waals surface area contributed by atoms with Gasteiger partial charge in [-0.1, -0.05) is 26.0 Å². The van der Waals surface area contributed by atoms with Crippen molar-refractivity contribution in [1.29, 1.82) is 0 Å². The van der Waals surface area contributed by atoms with Gasteiger partial charge in [-0.3, -0.25) is 0 Å². The van der Waals surface area contributed by atoms with Gasteiger partial charge in [0.05, 0.1) is 5.56 Å². The summed E-state index contributed by atoms with van der Waals surface area (Å²) < 4.78 is 1.67. The number of hydrogen-bond donors (Lipinski definition) is 1. The Morgan fingerprint density at radius 1 is 1.29 bits per heavy atom. The van der Waals surface area contributed by atoms with Crippen molar-refractivity contribution in [3.8, 4) is 11.4 Å². The first kappa shape index (κ1) is 15.2. The molecule has 21 heavy (non-hydrogen) atoms. The van der Waals surface area contributed by atoms with E-state index >= 15 is 0 Å². The van der Waals surface area contributed by atoms with Crippen molar-refractivity contribution >= 4 is 5.97 Å². The van der Waals surface area contributed by atoms with E-state index in [4.69, 9.17) is 0 Å². The van der Waals surface area contributed by atoms with Gasteiger partial charge in [-0.15, -0.1) is 0 Å². The summed E-state index contributed by atoms with van der Waals surface area (Å²) in [5.41, 5.74) is 2.59. The van der Waals surface area contributed by atoms with E-state index in [9.17, 15) is 9.90 Å². The average molecular weight is 287 g/mol. The number of carbonyl (C=O) groups is 1. The Morgan fingerprint density at radius 3 is 2.48 bits per heavy atom. The van der Waals surface area contributed by atoms with Crippen LogP contribution in [0.1, 0.15) is 41.2 Å². The SMILES string of the molecule is Cc1ccc(C)c(-c2nc(CC(C)C)nn2C)c1C(=O)O. The van der Waals surface area contributed by atoms with Crippen LogP contribution < -0.4 is 0 Å². The van der Waals surface area contributed by atoms with Gasteiger partial charge < -0.3 is 5.11 Å². The Kier molecular flexibility index (Phi) is 4.11. The first-order valence-corrected chi connectivity index (χ1v) is 7.05. The highest BCUT2D eigenvalue weighted by Gasteiger charge is 2.21. The van der Waals surface area contributed by atoms with Crippen molar-refractivity contribution in [3.05, 3.63) is 34.6 Å². The minimum absolute atomic E-state index is 0.307. The molecule has 0 spiro atoms. The highest BCUT2D eigenvalue weighted by molar-refractivity contribution is 5.97. The summed E-state index contributed by atoms with van der Waals surface area (Å²) in [5.74, 6) is 0.890. The maximum atomic E-state index is 11.6. The second kappa shape index (κ2) is 5.68. The Labute approximate surface area is 124 Å². The van der Waals surface area contributed by atoms with Crippen molar-refractivity contribution < 1.29 is 9.90 Å². The van der Waals surface area contributed by atoms with E-state index in [2.05, 4.69) is 23.9 Å². The highest BCUT2D eigenvalue weighted by atomic mass is 16.4. The summed E-state index contributed by atoms with van der Waals surface area (Å²) in [7, 11) is 1.81. The molecule has 0 aliphatic carbocycles. The van der Waals surface area contributed by atoms with E-state index in [1.54, 1.807) is 18.7 Å². The van der Waals surface area contributed by atoms with Crippen LogP contribution in [0.5, 0.6) is 0 Å². The summed E-state index contributed by atoms with van der Waals surface area (Å²) in [5, 5.41) is 13.9. The van der Waals surface area contributed by atoms with Crippen LogP contribution in [0.15, 0.2) is 12.1 Å². The predicted octanol–water partition coefficient (Wildman–Crippen LogP) is 3.00. The van der Waals surface area contributed by atoms with Crippen molar-refractivity contribution in [2.45, 2.75) is 34.1 Å². The number of benzene rings is 1. The maximum Gasteiger partial charge on any atom is 0.336 e. The number of nitrogens with zero attached hydrogens (tertiary/aromatic N) is 3. The van der Waals surface area contributed by atoms with Crippen LogP contribution >= 0.6 is 0 Å². The number of aromatic carboxylic acids is 1. The van der Waals surface area contributed by atoms with E-state index in [1.807, 2.05) is 19.1 Å². The minimum atomic E-state index is -0.931. The Bertz CT molecular complexity index is 687. The summed E-state index contributed by atoms with van der Waals surface area (Å²) in [6, 6.07) is 3.75. The van der Waals surface area contributed by atoms with Gasteiger partial charge >= 0.3 is 5.97 Å². The van der Waals surface area contributed by atoms with E-state index < -0.39 is 5.97 Å². The zero-order valence-electron chi connectivity index (χ0n) is 13.1. The standard InChI is InChI=1S/C16H21N3O2/c1-9(2)8-12-17-15(19(5)18-12)13-10(3)6-7-11(4)14(13)16(20)21/h6-7,9H,8H2,1-5H3,(H,20,21). The Morgan fingerprint density at radius 2 is 1.90 bits per heavy atom. The zero-order chi connectivity index (χ0) is 15.7. The third kappa shape index (κ3) is 2.96. The number of carboxylic acids is 1. The molecule has 5 heteroatoms. The summed E-state index contributed by atoms with van der Waals surface area (Å²) in [6.07, 6.45) is 0.779. The minimum Gasteiger partial charge on any atom is -0.478 e. The molecule has 0 amide bonds. The van der Waals surface area contributed by atoms with Gasteiger partial charge in [0, 0.05) is 19.0 Å². The average Bonchev–Trinajstić information content (AvgIpc) is 2.71. The quantitative estimate of drug-likeness (QED) is 0.938. The smallest absolute Gasteiger partial charge is 0.336 e. The largest absolute Gasteiger partial charge is 0.478 e. The van der Waals surface area contributed by atoms with Crippen LogP contribution in [0.4, 0.5) is 0 Å². The predicted molar refractivity (Wildman–Crippen MR) is 81.4 cm³/mol. The molecular formula is C16H21N3O2. The van der Waals surface area contributed by atoms with E-state index in [0.29, 0.717) is 22.9 Å². The van der Waals surface area contributed by atoms with Gasteiger partial charge in [0.25, 0.3) is 0 Å². The van der Waals surface area contributed by atoms with Gasteiger partial charge in [0.2, 0.25) is 0 Å². The van der Waals surface area contributed by atoms with Gasteiger partial charge in [-0.25, -0.2) is 14.5 Å². The Balaban J connectivity index is 2.64. The van der Waals surface area contributed by atoms with Crippen molar-refractivity contribution in [3.63, 3.8) is 0 Å². The van der Waals surface area contributed by atoms with Crippen LogP contribution in [0.3, 0.4) is 0 Å². The first-order chi connectivity index (χ1) is 9.81. The lowest BCUT2D eigenvalue weighted by atomic mass is 9.96. The molecule has 0 fully saturated rings. The number of aryl methyl sites for hydroxylation is 3. The molecule has 0 aliphatic heterocycles. The fourth-order valence-corrected chi connectivity index (χ4v) is 2.48. The van der Waals surface area contributed by atoms with Crippen LogP contribution in [-0.4, -0.2) is 25.8 Å². The monoisotopic (exact) mass is 287 g/mol. The topological polar surface area (TPSA) is 68.0 Å². The van der Waals surface area contributed by atoms with E-state index in [0.717, 1.165) is 23.4 Å². The molecule has 0 saturated carbocycles. The summed E-state index contributed by atoms with van der Waals surface area (Å²) in [4.78, 5) is 16.2. The Hall–Kier alpha value is -2.17. The van der Waals surface area contributed by atoms with Gasteiger partial charge in [-0.05, 0) is 30.9 Å². The molecule has 0 saturated heterocycles. The molecular weight excluding hydrogens is 266 g/mol. The number of rotatable bonds is 4. The molecule has 112 valence electrons. The molecule has 1 aromatic heterocycles. The third-order valence-corrected chi connectivity index (χ3v) is 3.46. The molecule has 5 nitrogen and oxygen atoms in total. The normalized spacial score (nSPS) is 11.1. The number of carboxylic acid groups (broad SMARTS) is 1. The second-order valence-electron chi connectivity index (χ2n) is 5.83. The first-order valence-electron chi connectivity index (χ1n) is 7.05. The summed E-state index contributed by atoms with van der Waals surface area (Å²) >= 11 is 0. The van der Waals surface area contributed by atoms with Gasteiger partial charge in [0.15, 0.2) is 11.6 Å². The molecule has 0 aliphatic rings. The molecule has 1 aromatic carbocycles.